The van der Waals surface area contributed by atoms with Crippen molar-refractivity contribution in [3.8, 4) is 0 Å². The van der Waals surface area contributed by atoms with E-state index >= 15 is 0 Å². The minimum Gasteiger partial charge on any atom is -0.362 e. The van der Waals surface area contributed by atoms with Crippen molar-refractivity contribution < 1.29 is 0 Å². The molecule has 0 bridgehead atoms. The molecule has 0 aliphatic carbocycles. The zero-order valence-corrected chi connectivity index (χ0v) is 11.3. The van der Waals surface area contributed by atoms with Gasteiger partial charge in [0.1, 0.15) is 0 Å². The second-order valence-corrected chi connectivity index (χ2v) is 4.97. The Morgan fingerprint density at radius 3 is 2.67 bits per heavy atom. The van der Waals surface area contributed by atoms with Crippen molar-refractivity contribution in [2.24, 2.45) is 5.92 Å². The van der Waals surface area contributed by atoms with Gasteiger partial charge in [-0.2, -0.15) is 0 Å². The van der Waals surface area contributed by atoms with Crippen LogP contribution in [0.4, 0.5) is 5.69 Å². The van der Waals surface area contributed by atoms with Gasteiger partial charge >= 0.3 is 0 Å². The van der Waals surface area contributed by atoms with Crippen LogP contribution >= 0.6 is 28.1 Å². The van der Waals surface area contributed by atoms with Crippen LogP contribution in [0.5, 0.6) is 0 Å². The lowest BCUT2D eigenvalue weighted by Crippen LogP contribution is -2.31. The van der Waals surface area contributed by atoms with Crippen molar-refractivity contribution in [3.63, 3.8) is 0 Å². The SMILES string of the molecule is CC(C)CNC(=S)Nc1ccccc1Br. The van der Waals surface area contributed by atoms with Gasteiger partial charge in [-0.15, -0.1) is 0 Å². The van der Waals surface area contributed by atoms with Gasteiger partial charge in [0.25, 0.3) is 0 Å². The molecule has 0 atom stereocenters. The van der Waals surface area contributed by atoms with Crippen LogP contribution < -0.4 is 10.6 Å². The van der Waals surface area contributed by atoms with Gasteiger partial charge in [0.15, 0.2) is 5.11 Å². The lowest BCUT2D eigenvalue weighted by atomic mass is 10.2. The minimum atomic E-state index is 0.587. The molecule has 0 saturated carbocycles. The summed E-state index contributed by atoms with van der Waals surface area (Å²) in [4.78, 5) is 0. The molecule has 0 aliphatic rings. The number of hydrogen-bond acceptors (Lipinski definition) is 1. The molecule has 0 unspecified atom stereocenters. The fraction of sp³-hybridized carbons (Fsp3) is 0.364. The largest absolute Gasteiger partial charge is 0.362 e. The topological polar surface area (TPSA) is 24.1 Å². The third-order valence-corrected chi connectivity index (χ3v) is 2.73. The van der Waals surface area contributed by atoms with E-state index in [0.29, 0.717) is 11.0 Å². The van der Waals surface area contributed by atoms with Gasteiger partial charge in [-0.25, -0.2) is 0 Å². The zero-order valence-electron chi connectivity index (χ0n) is 8.88. The molecule has 2 N–H and O–H groups in total. The smallest absolute Gasteiger partial charge is 0.170 e. The van der Waals surface area contributed by atoms with Gasteiger partial charge in [-0.3, -0.25) is 0 Å². The molecule has 0 heterocycles. The van der Waals surface area contributed by atoms with Crippen LogP contribution in [0.15, 0.2) is 28.7 Å². The normalized spacial score (nSPS) is 10.1. The highest BCUT2D eigenvalue weighted by Crippen LogP contribution is 2.20. The second kappa shape index (κ2) is 6.08. The molecule has 0 saturated heterocycles. The third kappa shape index (κ3) is 4.62. The van der Waals surface area contributed by atoms with E-state index in [-0.39, 0.29) is 0 Å². The summed E-state index contributed by atoms with van der Waals surface area (Å²) in [5.74, 6) is 0.587. The van der Waals surface area contributed by atoms with E-state index in [0.717, 1.165) is 16.7 Å². The molecule has 0 aliphatic heterocycles. The van der Waals surface area contributed by atoms with Gasteiger partial charge < -0.3 is 10.6 Å². The Balaban J connectivity index is 2.48. The van der Waals surface area contributed by atoms with Crippen molar-refractivity contribution >= 4 is 38.9 Å². The van der Waals surface area contributed by atoms with Crippen LogP contribution in [0.3, 0.4) is 0 Å². The average molecular weight is 287 g/mol. The molecule has 0 spiro atoms. The summed E-state index contributed by atoms with van der Waals surface area (Å²) in [7, 11) is 0. The number of hydrogen-bond donors (Lipinski definition) is 2. The molecule has 0 aromatic heterocycles. The predicted octanol–water partition coefficient (Wildman–Crippen LogP) is 3.39. The molecular weight excluding hydrogens is 272 g/mol. The van der Waals surface area contributed by atoms with E-state index in [1.165, 1.54) is 0 Å². The number of benzene rings is 1. The molecule has 1 aromatic carbocycles. The fourth-order valence-electron chi connectivity index (χ4n) is 1.03. The molecular formula is C11H15BrN2S. The first kappa shape index (κ1) is 12.5. The van der Waals surface area contributed by atoms with Crippen LogP contribution in [0, 0.1) is 5.92 Å². The highest BCUT2D eigenvalue weighted by Gasteiger charge is 2.01. The molecule has 4 heteroatoms. The third-order valence-electron chi connectivity index (χ3n) is 1.79. The molecule has 1 rings (SSSR count). The van der Waals surface area contributed by atoms with Gasteiger partial charge in [-0.1, -0.05) is 26.0 Å². The highest BCUT2D eigenvalue weighted by molar-refractivity contribution is 9.10. The van der Waals surface area contributed by atoms with Crippen LogP contribution in [0.2, 0.25) is 0 Å². The van der Waals surface area contributed by atoms with Crippen molar-refractivity contribution in [1.29, 1.82) is 0 Å². The maximum absolute atomic E-state index is 5.17. The monoisotopic (exact) mass is 286 g/mol. The second-order valence-electron chi connectivity index (χ2n) is 3.71. The summed E-state index contributed by atoms with van der Waals surface area (Å²) in [6, 6.07) is 7.90. The van der Waals surface area contributed by atoms with Crippen LogP contribution in [-0.4, -0.2) is 11.7 Å². The Bertz CT molecular complexity index is 339. The lowest BCUT2D eigenvalue weighted by Gasteiger charge is -2.12. The van der Waals surface area contributed by atoms with Crippen molar-refractivity contribution in [2.75, 3.05) is 11.9 Å². The van der Waals surface area contributed by atoms with Crippen LogP contribution in [0.25, 0.3) is 0 Å². The molecule has 0 amide bonds. The summed E-state index contributed by atoms with van der Waals surface area (Å²) in [6.45, 7) is 5.18. The minimum absolute atomic E-state index is 0.587. The molecule has 1 aromatic rings. The molecule has 2 nitrogen and oxygen atoms in total. The van der Waals surface area contributed by atoms with E-state index in [4.69, 9.17) is 12.2 Å². The van der Waals surface area contributed by atoms with Crippen LogP contribution in [0.1, 0.15) is 13.8 Å². The summed E-state index contributed by atoms with van der Waals surface area (Å²) in [6.07, 6.45) is 0. The summed E-state index contributed by atoms with van der Waals surface area (Å²) < 4.78 is 1.01. The Hall–Kier alpha value is -0.610. The zero-order chi connectivity index (χ0) is 11.3. The quantitative estimate of drug-likeness (QED) is 0.833. The lowest BCUT2D eigenvalue weighted by molar-refractivity contribution is 0.627. The van der Waals surface area contributed by atoms with Crippen LogP contribution in [-0.2, 0) is 0 Å². The van der Waals surface area contributed by atoms with E-state index in [1.807, 2.05) is 24.3 Å². The highest BCUT2D eigenvalue weighted by atomic mass is 79.9. The first-order valence-electron chi connectivity index (χ1n) is 4.89. The maximum Gasteiger partial charge on any atom is 0.170 e. The van der Waals surface area contributed by atoms with Crippen molar-refractivity contribution in [3.05, 3.63) is 28.7 Å². The Kier molecular flexibility index (Phi) is 5.05. The van der Waals surface area contributed by atoms with Gasteiger partial charge in [0.05, 0.1) is 5.69 Å². The number of rotatable bonds is 3. The summed E-state index contributed by atoms with van der Waals surface area (Å²) in [5, 5.41) is 6.96. The predicted molar refractivity (Wildman–Crippen MR) is 73.2 cm³/mol. The first-order chi connectivity index (χ1) is 7.09. The van der Waals surface area contributed by atoms with E-state index in [2.05, 4.69) is 40.4 Å². The molecule has 82 valence electrons. The number of thiocarbonyl (C=S) groups is 1. The summed E-state index contributed by atoms with van der Waals surface area (Å²) in [5.41, 5.74) is 0.985. The summed E-state index contributed by atoms with van der Waals surface area (Å²) >= 11 is 8.63. The van der Waals surface area contributed by atoms with Crippen molar-refractivity contribution in [1.82, 2.24) is 5.32 Å². The Labute approximate surface area is 105 Å². The van der Waals surface area contributed by atoms with Crippen molar-refractivity contribution in [2.45, 2.75) is 13.8 Å². The molecule has 0 radical (unpaired) electrons. The van der Waals surface area contributed by atoms with E-state index in [9.17, 15) is 0 Å². The Morgan fingerprint density at radius 2 is 2.07 bits per heavy atom. The van der Waals surface area contributed by atoms with Gasteiger partial charge in [0, 0.05) is 11.0 Å². The average Bonchev–Trinajstić information content (AvgIpc) is 2.18. The molecule has 15 heavy (non-hydrogen) atoms. The van der Waals surface area contributed by atoms with Gasteiger partial charge in [-0.05, 0) is 46.2 Å². The number of anilines is 1. The number of halogens is 1. The van der Waals surface area contributed by atoms with E-state index in [1.54, 1.807) is 0 Å². The van der Waals surface area contributed by atoms with E-state index < -0.39 is 0 Å². The fourth-order valence-corrected chi connectivity index (χ4v) is 1.60. The first-order valence-corrected chi connectivity index (χ1v) is 6.09. The molecule has 0 fully saturated rings. The maximum atomic E-state index is 5.17. The van der Waals surface area contributed by atoms with Gasteiger partial charge in [0.2, 0.25) is 0 Å². The number of para-hydroxylation sites is 1. The Morgan fingerprint density at radius 1 is 1.40 bits per heavy atom. The number of nitrogens with one attached hydrogen (secondary N) is 2. The standard InChI is InChI=1S/C11H15BrN2S/c1-8(2)7-13-11(15)14-10-6-4-3-5-9(10)12/h3-6,8H,7H2,1-2H3,(H2,13,14,15).